The highest BCUT2D eigenvalue weighted by Crippen LogP contribution is 2.66. The van der Waals surface area contributed by atoms with Gasteiger partial charge in [-0.2, -0.15) is 0 Å². The summed E-state index contributed by atoms with van der Waals surface area (Å²) in [5, 5.41) is 3.93. The molecular weight excluding hydrogens is 218 g/mol. The number of hydrogen-bond acceptors (Lipinski definition) is 1. The molecule has 18 heavy (non-hydrogen) atoms. The predicted octanol–water partition coefficient (Wildman–Crippen LogP) is 4.29. The molecular formula is C17H29N. The molecule has 4 rings (SSSR count). The maximum absolute atomic E-state index is 3.93. The van der Waals surface area contributed by atoms with E-state index in [0.29, 0.717) is 16.4 Å². The summed E-state index contributed by atoms with van der Waals surface area (Å²) in [6.07, 6.45) is 11.1. The van der Waals surface area contributed by atoms with Gasteiger partial charge in [-0.1, -0.05) is 25.5 Å². The number of hydrogen-bond donors (Lipinski definition) is 1. The number of allylic oxidation sites excluding steroid dienone is 1. The van der Waals surface area contributed by atoms with Crippen molar-refractivity contribution in [2.75, 3.05) is 6.54 Å². The lowest BCUT2D eigenvalue weighted by atomic mass is 9.43. The Morgan fingerprint density at radius 3 is 2.17 bits per heavy atom. The lowest BCUT2D eigenvalue weighted by Gasteiger charge is -2.65. The summed E-state index contributed by atoms with van der Waals surface area (Å²) in [5.74, 6) is 0.996. The second-order valence-corrected chi connectivity index (χ2v) is 8.57. The summed E-state index contributed by atoms with van der Waals surface area (Å²) in [4.78, 5) is 0. The third kappa shape index (κ3) is 2.15. The normalized spacial score (nSPS) is 49.4. The Bertz CT molecular complexity index is 359. The van der Waals surface area contributed by atoms with E-state index in [0.717, 1.165) is 12.5 Å². The van der Waals surface area contributed by atoms with Gasteiger partial charge in [-0.3, -0.25) is 0 Å². The van der Waals surface area contributed by atoms with Crippen LogP contribution in [-0.4, -0.2) is 12.1 Å². The summed E-state index contributed by atoms with van der Waals surface area (Å²) < 4.78 is 0. The van der Waals surface area contributed by atoms with Crippen LogP contribution in [0.2, 0.25) is 0 Å². The van der Waals surface area contributed by atoms with Crippen molar-refractivity contribution in [1.29, 1.82) is 0 Å². The molecule has 0 spiro atoms. The van der Waals surface area contributed by atoms with Gasteiger partial charge >= 0.3 is 0 Å². The van der Waals surface area contributed by atoms with Crippen molar-refractivity contribution in [2.24, 2.45) is 16.7 Å². The Morgan fingerprint density at radius 1 is 1.06 bits per heavy atom. The molecule has 0 aromatic rings. The maximum Gasteiger partial charge on any atom is 0.0197 e. The molecule has 0 heterocycles. The van der Waals surface area contributed by atoms with Gasteiger partial charge in [0.1, 0.15) is 0 Å². The van der Waals surface area contributed by atoms with Crippen LogP contribution in [0.15, 0.2) is 11.6 Å². The molecule has 2 unspecified atom stereocenters. The first-order valence-electron chi connectivity index (χ1n) is 7.71. The summed E-state index contributed by atoms with van der Waals surface area (Å²) in [6, 6.07) is 0. The van der Waals surface area contributed by atoms with Crippen LogP contribution >= 0.6 is 0 Å². The van der Waals surface area contributed by atoms with E-state index in [9.17, 15) is 0 Å². The van der Waals surface area contributed by atoms with Crippen LogP contribution in [0.4, 0.5) is 0 Å². The van der Waals surface area contributed by atoms with Crippen LogP contribution in [-0.2, 0) is 0 Å². The quantitative estimate of drug-likeness (QED) is 0.734. The fourth-order valence-electron chi connectivity index (χ4n) is 6.12. The van der Waals surface area contributed by atoms with Gasteiger partial charge in [0.05, 0.1) is 0 Å². The molecule has 0 radical (unpaired) electrons. The van der Waals surface area contributed by atoms with Crippen LogP contribution < -0.4 is 5.32 Å². The van der Waals surface area contributed by atoms with Crippen LogP contribution in [0.1, 0.15) is 66.2 Å². The average Bonchev–Trinajstić information content (AvgIpc) is 2.09. The minimum absolute atomic E-state index is 0.467. The molecule has 4 saturated carbocycles. The van der Waals surface area contributed by atoms with Crippen molar-refractivity contribution in [2.45, 2.75) is 71.8 Å². The molecule has 4 fully saturated rings. The Kier molecular flexibility index (Phi) is 2.72. The zero-order chi connectivity index (χ0) is 13.0. The lowest BCUT2D eigenvalue weighted by molar-refractivity contribution is -0.116. The first kappa shape index (κ1) is 12.7. The van der Waals surface area contributed by atoms with Crippen LogP contribution in [0, 0.1) is 16.7 Å². The summed E-state index contributed by atoms with van der Waals surface area (Å²) in [6.45, 7) is 10.6. The maximum atomic E-state index is 3.93. The van der Waals surface area contributed by atoms with E-state index < -0.39 is 0 Å². The largest absolute Gasteiger partial charge is 0.308 e. The van der Waals surface area contributed by atoms with Crippen LogP contribution in [0.3, 0.4) is 0 Å². The fourth-order valence-corrected chi connectivity index (χ4v) is 6.12. The van der Waals surface area contributed by atoms with E-state index in [1.807, 2.05) is 0 Å². The molecule has 0 aromatic heterocycles. The van der Waals surface area contributed by atoms with Crippen molar-refractivity contribution < 1.29 is 0 Å². The second-order valence-electron chi connectivity index (χ2n) is 8.57. The van der Waals surface area contributed by atoms with E-state index >= 15 is 0 Å². The van der Waals surface area contributed by atoms with Gasteiger partial charge in [0.2, 0.25) is 0 Å². The minimum atomic E-state index is 0.467. The fraction of sp³-hybridized carbons (Fsp3) is 0.882. The van der Waals surface area contributed by atoms with Gasteiger partial charge in [0.25, 0.3) is 0 Å². The Morgan fingerprint density at radius 2 is 1.67 bits per heavy atom. The molecule has 4 aliphatic carbocycles. The first-order valence-corrected chi connectivity index (χ1v) is 7.71. The summed E-state index contributed by atoms with van der Waals surface area (Å²) >= 11 is 0. The van der Waals surface area contributed by atoms with Gasteiger partial charge in [-0.15, -0.1) is 0 Å². The smallest absolute Gasteiger partial charge is 0.0197 e. The molecule has 2 atom stereocenters. The Labute approximate surface area is 112 Å². The molecule has 0 aliphatic heterocycles. The van der Waals surface area contributed by atoms with Crippen molar-refractivity contribution in [1.82, 2.24) is 5.32 Å². The van der Waals surface area contributed by atoms with Gasteiger partial charge in [-0.25, -0.2) is 0 Å². The Hall–Kier alpha value is -0.300. The summed E-state index contributed by atoms with van der Waals surface area (Å²) in [7, 11) is 0. The molecule has 1 nitrogen and oxygen atoms in total. The highest BCUT2D eigenvalue weighted by atomic mass is 15.0. The highest BCUT2D eigenvalue weighted by Gasteiger charge is 2.59. The molecule has 0 saturated heterocycles. The van der Waals surface area contributed by atoms with E-state index in [-0.39, 0.29) is 0 Å². The molecule has 4 aliphatic rings. The molecule has 4 bridgehead atoms. The van der Waals surface area contributed by atoms with Crippen LogP contribution in [0.5, 0.6) is 0 Å². The topological polar surface area (TPSA) is 12.0 Å². The van der Waals surface area contributed by atoms with Gasteiger partial charge in [-0.05, 0) is 69.1 Å². The zero-order valence-electron chi connectivity index (χ0n) is 12.6. The zero-order valence-corrected chi connectivity index (χ0v) is 12.6. The first-order chi connectivity index (χ1) is 8.32. The van der Waals surface area contributed by atoms with E-state index in [1.54, 1.807) is 0 Å². The minimum Gasteiger partial charge on any atom is -0.308 e. The van der Waals surface area contributed by atoms with Crippen molar-refractivity contribution >= 4 is 0 Å². The molecule has 1 heteroatoms. The van der Waals surface area contributed by atoms with Gasteiger partial charge in [0.15, 0.2) is 0 Å². The summed E-state index contributed by atoms with van der Waals surface area (Å²) in [5.41, 5.74) is 3.16. The monoisotopic (exact) mass is 247 g/mol. The van der Waals surface area contributed by atoms with Crippen molar-refractivity contribution in [3.05, 3.63) is 11.6 Å². The Balaban J connectivity index is 1.78. The van der Waals surface area contributed by atoms with E-state index in [4.69, 9.17) is 0 Å². The molecule has 0 amide bonds. The number of nitrogens with one attached hydrogen (secondary N) is 1. The highest BCUT2D eigenvalue weighted by molar-refractivity contribution is 5.14. The van der Waals surface area contributed by atoms with Crippen molar-refractivity contribution in [3.8, 4) is 0 Å². The second kappa shape index (κ2) is 3.85. The lowest BCUT2D eigenvalue weighted by Crippen LogP contribution is -2.64. The van der Waals surface area contributed by atoms with E-state index in [2.05, 4.69) is 39.1 Å². The van der Waals surface area contributed by atoms with Gasteiger partial charge in [0, 0.05) is 12.1 Å². The predicted molar refractivity (Wildman–Crippen MR) is 77.6 cm³/mol. The average molecular weight is 247 g/mol. The third-order valence-electron chi connectivity index (χ3n) is 5.61. The molecule has 1 N–H and O–H groups in total. The molecule has 102 valence electrons. The van der Waals surface area contributed by atoms with Crippen LogP contribution in [0.25, 0.3) is 0 Å². The van der Waals surface area contributed by atoms with Crippen molar-refractivity contribution in [3.63, 3.8) is 0 Å². The third-order valence-corrected chi connectivity index (χ3v) is 5.61. The SMILES string of the molecule is CC(C)=CCNC12CC3CC(C)(CC(C)(C3)C1)C2. The standard InChI is InChI=1S/C17H29N/c1-13(2)5-6-18-17-9-14-7-15(3,11-17)10-16(4,8-14)12-17/h5,14,18H,6-12H2,1-4H3. The van der Waals surface area contributed by atoms with Gasteiger partial charge < -0.3 is 5.32 Å². The van der Waals surface area contributed by atoms with E-state index in [1.165, 1.54) is 44.1 Å². The number of rotatable bonds is 3. The molecule has 0 aromatic carbocycles.